The molecule has 0 spiro atoms. The van der Waals surface area contributed by atoms with Crippen molar-refractivity contribution in [3.63, 3.8) is 0 Å². The summed E-state index contributed by atoms with van der Waals surface area (Å²) in [5.74, 6) is -2.47. The smallest absolute Gasteiger partial charge is 0.326 e. The number of carbonyl (C=O) groups is 2. The zero-order valence-electron chi connectivity index (χ0n) is 11.3. The number of aliphatic carboxylic acids is 1. The second-order valence-electron chi connectivity index (χ2n) is 4.56. The van der Waals surface area contributed by atoms with Crippen molar-refractivity contribution in [2.45, 2.75) is 24.9 Å². The number of aromatic hydroxyl groups is 2. The van der Waals surface area contributed by atoms with Crippen LogP contribution in [0.15, 0.2) is 30.9 Å². The van der Waals surface area contributed by atoms with E-state index in [0.29, 0.717) is 5.56 Å². The number of phenolic OH excluding ortho intramolecular Hbond substituents is 2. The average Bonchev–Trinajstić information content (AvgIpc) is 2.42. The van der Waals surface area contributed by atoms with Crippen molar-refractivity contribution >= 4 is 11.9 Å². The molecule has 0 bridgehead atoms. The Morgan fingerprint density at radius 1 is 1.33 bits per heavy atom. The largest absolute Gasteiger partial charge is 0.504 e. The highest BCUT2D eigenvalue weighted by Crippen LogP contribution is 2.25. The lowest BCUT2D eigenvalue weighted by molar-refractivity contribution is -0.141. The highest BCUT2D eigenvalue weighted by Gasteiger charge is 2.23. The summed E-state index contributed by atoms with van der Waals surface area (Å²) in [6, 6.07) is 1.89. The fraction of sp³-hybridized carbons (Fsp3) is 0.286. The first kappa shape index (κ1) is 16.5. The topological polar surface area (TPSA) is 133 Å². The van der Waals surface area contributed by atoms with E-state index in [0.717, 1.165) is 0 Å². The van der Waals surface area contributed by atoms with Gasteiger partial charge in [-0.1, -0.05) is 12.1 Å². The highest BCUT2D eigenvalue weighted by molar-refractivity contribution is 5.87. The molecular weight excluding hydrogens is 276 g/mol. The van der Waals surface area contributed by atoms with Crippen LogP contribution < -0.4 is 11.1 Å². The SMILES string of the molecule is C=CCC(N)C(=O)NC(Cc1ccc(O)c(O)c1)C(=O)O. The zero-order valence-corrected chi connectivity index (χ0v) is 11.3. The molecule has 0 saturated heterocycles. The zero-order chi connectivity index (χ0) is 16.0. The van der Waals surface area contributed by atoms with Gasteiger partial charge >= 0.3 is 5.97 Å². The van der Waals surface area contributed by atoms with E-state index in [9.17, 15) is 19.8 Å². The van der Waals surface area contributed by atoms with Gasteiger partial charge in [0, 0.05) is 6.42 Å². The minimum Gasteiger partial charge on any atom is -0.504 e. The summed E-state index contributed by atoms with van der Waals surface area (Å²) in [6.45, 7) is 3.46. The molecule has 0 aliphatic carbocycles. The van der Waals surface area contributed by atoms with Crippen molar-refractivity contribution in [3.05, 3.63) is 36.4 Å². The number of nitrogens with one attached hydrogen (secondary N) is 1. The number of amides is 1. The van der Waals surface area contributed by atoms with Crippen LogP contribution >= 0.6 is 0 Å². The molecule has 1 aromatic rings. The van der Waals surface area contributed by atoms with Crippen molar-refractivity contribution in [3.8, 4) is 11.5 Å². The van der Waals surface area contributed by atoms with Gasteiger partial charge in [0.05, 0.1) is 6.04 Å². The van der Waals surface area contributed by atoms with Gasteiger partial charge in [-0.2, -0.15) is 0 Å². The molecule has 7 heteroatoms. The van der Waals surface area contributed by atoms with E-state index in [1.54, 1.807) is 0 Å². The van der Waals surface area contributed by atoms with E-state index in [2.05, 4.69) is 11.9 Å². The number of carboxylic acids is 1. The van der Waals surface area contributed by atoms with Crippen LogP contribution in [0.3, 0.4) is 0 Å². The van der Waals surface area contributed by atoms with Crippen LogP contribution in [0.25, 0.3) is 0 Å². The maximum atomic E-state index is 11.7. The Morgan fingerprint density at radius 2 is 2.00 bits per heavy atom. The number of nitrogens with two attached hydrogens (primary N) is 1. The van der Waals surface area contributed by atoms with E-state index >= 15 is 0 Å². The fourth-order valence-electron chi connectivity index (χ4n) is 1.70. The molecule has 2 unspecified atom stereocenters. The van der Waals surface area contributed by atoms with Crippen LogP contribution in [0.2, 0.25) is 0 Å². The van der Waals surface area contributed by atoms with E-state index in [1.807, 2.05) is 0 Å². The molecule has 0 aliphatic rings. The van der Waals surface area contributed by atoms with E-state index in [1.165, 1.54) is 24.3 Å². The van der Waals surface area contributed by atoms with Crippen molar-refractivity contribution in [2.24, 2.45) is 5.73 Å². The summed E-state index contributed by atoms with van der Waals surface area (Å²) in [4.78, 5) is 22.9. The second-order valence-corrected chi connectivity index (χ2v) is 4.56. The van der Waals surface area contributed by atoms with E-state index in [-0.39, 0.29) is 24.3 Å². The van der Waals surface area contributed by atoms with Crippen LogP contribution in [0.5, 0.6) is 11.5 Å². The van der Waals surface area contributed by atoms with Gasteiger partial charge in [-0.25, -0.2) is 4.79 Å². The monoisotopic (exact) mass is 294 g/mol. The summed E-state index contributed by atoms with van der Waals surface area (Å²) in [6.07, 6.45) is 1.66. The Balaban J connectivity index is 2.78. The van der Waals surface area contributed by atoms with E-state index < -0.39 is 24.0 Å². The molecule has 0 fully saturated rings. The second kappa shape index (κ2) is 7.30. The van der Waals surface area contributed by atoms with Gasteiger partial charge in [0.1, 0.15) is 6.04 Å². The molecule has 0 aromatic heterocycles. The van der Waals surface area contributed by atoms with Gasteiger partial charge in [-0.05, 0) is 24.1 Å². The number of phenols is 2. The first-order valence-corrected chi connectivity index (χ1v) is 6.25. The molecule has 0 heterocycles. The van der Waals surface area contributed by atoms with Gasteiger partial charge in [0.15, 0.2) is 11.5 Å². The number of hydrogen-bond donors (Lipinski definition) is 5. The molecular formula is C14H18N2O5. The quantitative estimate of drug-likeness (QED) is 0.358. The normalized spacial score (nSPS) is 13.2. The molecule has 2 atom stereocenters. The summed E-state index contributed by atoms with van der Waals surface area (Å²) < 4.78 is 0. The fourth-order valence-corrected chi connectivity index (χ4v) is 1.70. The Bertz CT molecular complexity index is 544. The summed E-state index contributed by atoms with van der Waals surface area (Å²) in [7, 11) is 0. The molecule has 0 saturated carbocycles. The molecule has 114 valence electrons. The lowest BCUT2D eigenvalue weighted by Gasteiger charge is -2.17. The Kier molecular flexibility index (Phi) is 5.74. The Hall–Kier alpha value is -2.54. The number of hydrogen-bond acceptors (Lipinski definition) is 5. The standard InChI is InChI=1S/C14H18N2O5/c1-2-3-9(15)13(19)16-10(14(20)21)6-8-4-5-11(17)12(18)7-8/h2,4-5,7,9-10,17-18H,1,3,6,15H2,(H,16,19)(H,20,21). The van der Waals surface area contributed by atoms with E-state index in [4.69, 9.17) is 10.8 Å². The van der Waals surface area contributed by atoms with Crippen LogP contribution in [0.4, 0.5) is 0 Å². The van der Waals surface area contributed by atoms with Gasteiger partial charge in [-0.3, -0.25) is 4.79 Å². The molecule has 0 aliphatic heterocycles. The lowest BCUT2D eigenvalue weighted by atomic mass is 10.0. The van der Waals surface area contributed by atoms with Gasteiger partial charge in [0.2, 0.25) is 5.91 Å². The van der Waals surface area contributed by atoms with Crippen LogP contribution in [0, 0.1) is 0 Å². The van der Waals surface area contributed by atoms with Gasteiger partial charge in [0.25, 0.3) is 0 Å². The molecule has 6 N–H and O–H groups in total. The number of benzene rings is 1. The lowest BCUT2D eigenvalue weighted by Crippen LogP contribution is -2.49. The van der Waals surface area contributed by atoms with Crippen LogP contribution in [-0.2, 0) is 16.0 Å². The predicted molar refractivity (Wildman–Crippen MR) is 75.8 cm³/mol. The molecule has 1 amide bonds. The number of carboxylic acid groups (broad SMARTS) is 1. The Labute approximate surface area is 121 Å². The van der Waals surface area contributed by atoms with Crippen molar-refractivity contribution < 1.29 is 24.9 Å². The average molecular weight is 294 g/mol. The minimum absolute atomic E-state index is 0.0459. The predicted octanol–water partition coefficient (Wildman–Crippen LogP) is 0.113. The third-order valence-corrected chi connectivity index (χ3v) is 2.85. The molecule has 0 radical (unpaired) electrons. The molecule has 7 nitrogen and oxygen atoms in total. The Morgan fingerprint density at radius 3 is 2.52 bits per heavy atom. The third kappa shape index (κ3) is 4.81. The molecule has 1 rings (SSSR count). The van der Waals surface area contributed by atoms with Crippen LogP contribution in [-0.4, -0.2) is 39.3 Å². The van der Waals surface area contributed by atoms with Crippen LogP contribution in [0.1, 0.15) is 12.0 Å². The molecule has 1 aromatic carbocycles. The maximum Gasteiger partial charge on any atom is 0.326 e. The first-order valence-electron chi connectivity index (χ1n) is 6.25. The van der Waals surface area contributed by atoms with Crippen molar-refractivity contribution in [1.82, 2.24) is 5.32 Å². The van der Waals surface area contributed by atoms with Gasteiger partial charge in [-0.15, -0.1) is 6.58 Å². The van der Waals surface area contributed by atoms with Crippen molar-refractivity contribution in [2.75, 3.05) is 0 Å². The first-order chi connectivity index (χ1) is 9.85. The minimum atomic E-state index is -1.22. The maximum absolute atomic E-state index is 11.7. The van der Waals surface area contributed by atoms with Gasteiger partial charge < -0.3 is 26.4 Å². The van der Waals surface area contributed by atoms with Crippen molar-refractivity contribution in [1.29, 1.82) is 0 Å². The molecule has 21 heavy (non-hydrogen) atoms. The third-order valence-electron chi connectivity index (χ3n) is 2.85. The number of rotatable bonds is 7. The number of carbonyl (C=O) groups excluding carboxylic acids is 1. The summed E-state index contributed by atoms with van der Waals surface area (Å²) in [5, 5.41) is 30.0. The summed E-state index contributed by atoms with van der Waals surface area (Å²) in [5.41, 5.74) is 6.02. The summed E-state index contributed by atoms with van der Waals surface area (Å²) >= 11 is 0. The highest BCUT2D eigenvalue weighted by atomic mass is 16.4.